The molecule has 0 radical (unpaired) electrons. The number of hydrogen-bond acceptors (Lipinski definition) is 11. The average Bonchev–Trinajstić information content (AvgIpc) is 3.32. The second kappa shape index (κ2) is 15.4. The number of alkyl carbamates (subject to hydrolysis) is 1. The lowest BCUT2D eigenvalue weighted by molar-refractivity contribution is -0.153. The number of carbonyl (C=O) groups excluding carboxylic acids is 2. The Morgan fingerprint density at radius 3 is 2.55 bits per heavy atom. The fraction of sp³-hybridized carbons (Fsp3) is 0.571. The largest absolute Gasteiger partial charge is 0.445 e. The van der Waals surface area contributed by atoms with E-state index < -0.39 is 48.1 Å². The lowest BCUT2D eigenvalue weighted by Gasteiger charge is -2.37. The van der Waals surface area contributed by atoms with Gasteiger partial charge < -0.3 is 44.4 Å². The maximum absolute atomic E-state index is 13.0. The number of carbonyl (C=O) groups is 2. The fourth-order valence-corrected chi connectivity index (χ4v) is 4.54. The van der Waals surface area contributed by atoms with Crippen LogP contribution in [0.3, 0.4) is 0 Å². The molecule has 13 nitrogen and oxygen atoms in total. The van der Waals surface area contributed by atoms with E-state index >= 15 is 0 Å². The molecule has 2 aliphatic rings. The van der Waals surface area contributed by atoms with Crippen molar-refractivity contribution in [1.29, 1.82) is 0 Å². The number of fused-ring (bicyclic) bond motifs is 1. The Hall–Kier alpha value is -3.57. The zero-order valence-electron chi connectivity index (χ0n) is 24.3. The number of benzene rings is 1. The molecule has 4 rings (SSSR count). The quantitative estimate of drug-likeness (QED) is 0.265. The first kappa shape index (κ1) is 33.3. The highest BCUT2D eigenvalue weighted by Gasteiger charge is 2.52. The van der Waals surface area contributed by atoms with E-state index in [1.807, 2.05) is 30.3 Å². The van der Waals surface area contributed by atoms with E-state index in [2.05, 4.69) is 25.9 Å². The third kappa shape index (κ3) is 10.3. The van der Waals surface area contributed by atoms with Gasteiger partial charge in [-0.1, -0.05) is 30.3 Å². The number of aromatic nitrogens is 2. The molecule has 0 saturated carbocycles. The summed E-state index contributed by atoms with van der Waals surface area (Å²) in [6, 6.07) is 8.73. The SMILES string of the molecule is CC1(C)O[C@@H]2[C@H](O1)[C@@H](Nc1cncc(C(F)(F)F)n1)CO[C@@H]2CNC(=O)COCCOCCNC(=O)OCc1ccccc1. The van der Waals surface area contributed by atoms with Gasteiger partial charge in [-0.05, 0) is 19.4 Å². The molecule has 2 aliphatic heterocycles. The van der Waals surface area contributed by atoms with Gasteiger partial charge in [0.05, 0.1) is 44.9 Å². The average molecular weight is 628 g/mol. The van der Waals surface area contributed by atoms with Crippen molar-refractivity contribution in [1.82, 2.24) is 20.6 Å². The summed E-state index contributed by atoms with van der Waals surface area (Å²) in [5.74, 6) is -1.44. The summed E-state index contributed by atoms with van der Waals surface area (Å²) in [5.41, 5.74) is -0.239. The monoisotopic (exact) mass is 627 g/mol. The zero-order chi connectivity index (χ0) is 31.6. The third-order valence-electron chi connectivity index (χ3n) is 6.51. The molecule has 0 aliphatic carbocycles. The second-order valence-electron chi connectivity index (χ2n) is 10.4. The van der Waals surface area contributed by atoms with Crippen molar-refractivity contribution in [2.75, 3.05) is 51.4 Å². The van der Waals surface area contributed by atoms with E-state index in [0.717, 1.165) is 5.56 Å². The minimum atomic E-state index is -4.64. The molecule has 2 saturated heterocycles. The molecule has 2 aromatic rings. The lowest BCUT2D eigenvalue weighted by Crippen LogP contribution is -2.57. The molecule has 4 atom stereocenters. The Labute approximate surface area is 252 Å². The molecule has 0 unspecified atom stereocenters. The van der Waals surface area contributed by atoms with Crippen LogP contribution in [-0.4, -0.2) is 98.2 Å². The van der Waals surface area contributed by atoms with Gasteiger partial charge in [0.25, 0.3) is 0 Å². The number of hydrogen-bond donors (Lipinski definition) is 3. The maximum Gasteiger partial charge on any atom is 0.434 e. The maximum atomic E-state index is 13.0. The summed E-state index contributed by atoms with van der Waals surface area (Å²) >= 11 is 0. The Bertz CT molecular complexity index is 1220. The van der Waals surface area contributed by atoms with Gasteiger partial charge >= 0.3 is 12.3 Å². The summed E-state index contributed by atoms with van der Waals surface area (Å²) in [6.07, 6.45) is -5.14. The summed E-state index contributed by atoms with van der Waals surface area (Å²) in [4.78, 5) is 31.2. The van der Waals surface area contributed by atoms with E-state index in [1.54, 1.807) is 13.8 Å². The molecule has 242 valence electrons. The third-order valence-corrected chi connectivity index (χ3v) is 6.51. The van der Waals surface area contributed by atoms with E-state index in [1.165, 1.54) is 6.20 Å². The van der Waals surface area contributed by atoms with Crippen LogP contribution in [-0.2, 0) is 46.0 Å². The van der Waals surface area contributed by atoms with Crippen molar-refractivity contribution in [3.63, 3.8) is 0 Å². The van der Waals surface area contributed by atoms with Gasteiger partial charge in [-0.3, -0.25) is 9.78 Å². The molecular weight excluding hydrogens is 591 g/mol. The topological polar surface area (TPSA) is 151 Å². The van der Waals surface area contributed by atoms with Crippen LogP contribution in [0.15, 0.2) is 42.7 Å². The van der Waals surface area contributed by atoms with Gasteiger partial charge in [0.2, 0.25) is 5.91 Å². The molecule has 1 aromatic heterocycles. The Kier molecular flexibility index (Phi) is 11.7. The first-order valence-electron chi connectivity index (χ1n) is 14.0. The molecule has 3 N–H and O–H groups in total. The fourth-order valence-electron chi connectivity index (χ4n) is 4.54. The molecule has 0 spiro atoms. The predicted octanol–water partition coefficient (Wildman–Crippen LogP) is 2.27. The number of amides is 2. The highest BCUT2D eigenvalue weighted by Crippen LogP contribution is 2.36. The minimum absolute atomic E-state index is 0.0620. The minimum Gasteiger partial charge on any atom is -0.445 e. The molecule has 1 aromatic carbocycles. The van der Waals surface area contributed by atoms with Crippen LogP contribution in [0.25, 0.3) is 0 Å². The summed E-state index contributed by atoms with van der Waals surface area (Å²) in [7, 11) is 0. The summed E-state index contributed by atoms with van der Waals surface area (Å²) < 4.78 is 72.9. The number of nitrogens with one attached hydrogen (secondary N) is 3. The van der Waals surface area contributed by atoms with Gasteiger partial charge in [-0.2, -0.15) is 13.2 Å². The molecule has 0 bridgehead atoms. The van der Waals surface area contributed by atoms with Gasteiger partial charge in [0.15, 0.2) is 11.5 Å². The molecule has 44 heavy (non-hydrogen) atoms. The number of nitrogens with zero attached hydrogens (tertiary/aromatic N) is 2. The van der Waals surface area contributed by atoms with Crippen LogP contribution >= 0.6 is 0 Å². The highest BCUT2D eigenvalue weighted by molar-refractivity contribution is 5.77. The molecule has 2 fully saturated rings. The number of ether oxygens (including phenoxy) is 6. The molecule has 16 heteroatoms. The predicted molar refractivity (Wildman–Crippen MR) is 147 cm³/mol. The van der Waals surface area contributed by atoms with E-state index in [9.17, 15) is 22.8 Å². The van der Waals surface area contributed by atoms with Crippen LogP contribution in [0.1, 0.15) is 25.1 Å². The van der Waals surface area contributed by atoms with Crippen molar-refractivity contribution >= 4 is 17.8 Å². The normalized spacial score (nSPS) is 22.6. The zero-order valence-corrected chi connectivity index (χ0v) is 24.3. The molecule has 3 heterocycles. The first-order valence-corrected chi connectivity index (χ1v) is 14.0. The number of halogens is 3. The van der Waals surface area contributed by atoms with Crippen LogP contribution < -0.4 is 16.0 Å². The van der Waals surface area contributed by atoms with E-state index in [-0.39, 0.29) is 64.5 Å². The summed E-state index contributed by atoms with van der Waals surface area (Å²) in [6.45, 7) is 4.42. The van der Waals surface area contributed by atoms with Crippen molar-refractivity contribution in [2.45, 2.75) is 56.8 Å². The van der Waals surface area contributed by atoms with Gasteiger partial charge in [-0.25, -0.2) is 9.78 Å². The summed E-state index contributed by atoms with van der Waals surface area (Å²) in [5, 5.41) is 8.22. The Morgan fingerprint density at radius 1 is 1.02 bits per heavy atom. The highest BCUT2D eigenvalue weighted by atomic mass is 19.4. The van der Waals surface area contributed by atoms with Crippen LogP contribution in [0.5, 0.6) is 0 Å². The first-order chi connectivity index (χ1) is 21.0. The van der Waals surface area contributed by atoms with Gasteiger partial charge in [0, 0.05) is 13.1 Å². The smallest absolute Gasteiger partial charge is 0.434 e. The van der Waals surface area contributed by atoms with Crippen molar-refractivity contribution in [2.24, 2.45) is 0 Å². The van der Waals surface area contributed by atoms with Gasteiger partial charge in [0.1, 0.15) is 37.3 Å². The van der Waals surface area contributed by atoms with E-state index in [0.29, 0.717) is 6.20 Å². The van der Waals surface area contributed by atoms with Gasteiger partial charge in [-0.15, -0.1) is 0 Å². The molecule has 2 amide bonds. The van der Waals surface area contributed by atoms with E-state index in [4.69, 9.17) is 28.4 Å². The molecular formula is C28H36F3N5O8. The second-order valence-corrected chi connectivity index (χ2v) is 10.4. The number of rotatable bonds is 14. The standard InChI is InChI=1S/C28H36F3N5O8/c1-27(2)43-24-19(35-22-14-32-13-21(36-22)28(29,30)31)16-41-20(25(24)44-27)12-34-23(37)17-40-11-10-39-9-8-33-26(38)42-15-18-6-4-3-5-7-18/h3-7,13-14,19-20,24-25H,8-12,15-17H2,1-2H3,(H,33,38)(H,34,37)(H,35,36)/t19-,20+,24+,25-/m0/s1. The van der Waals surface area contributed by atoms with Crippen molar-refractivity contribution in [3.8, 4) is 0 Å². The van der Waals surface area contributed by atoms with Crippen LogP contribution in [0.2, 0.25) is 0 Å². The van der Waals surface area contributed by atoms with Crippen molar-refractivity contribution < 1.29 is 51.2 Å². The lowest BCUT2D eigenvalue weighted by atomic mass is 9.98. The number of alkyl halides is 3. The van der Waals surface area contributed by atoms with Crippen molar-refractivity contribution in [3.05, 3.63) is 54.0 Å². The Balaban J connectivity index is 1.10. The number of anilines is 1. The van der Waals surface area contributed by atoms with Crippen LogP contribution in [0, 0.1) is 0 Å². The van der Waals surface area contributed by atoms with Crippen LogP contribution in [0.4, 0.5) is 23.8 Å². The Morgan fingerprint density at radius 2 is 1.77 bits per heavy atom.